The second kappa shape index (κ2) is 7.54. The van der Waals surface area contributed by atoms with Crippen LogP contribution in [0.3, 0.4) is 0 Å². The highest BCUT2D eigenvalue weighted by molar-refractivity contribution is 5.85. The number of nitrogens with one attached hydrogen (secondary N) is 1. The largest absolute Gasteiger partial charge is 0.339 e. The highest BCUT2D eigenvalue weighted by atomic mass is 35.5. The summed E-state index contributed by atoms with van der Waals surface area (Å²) in [5.74, 6) is 1.39. The van der Waals surface area contributed by atoms with Gasteiger partial charge in [0.05, 0.1) is 0 Å². The van der Waals surface area contributed by atoms with Gasteiger partial charge in [-0.25, -0.2) is 0 Å². The Kier molecular flexibility index (Phi) is 5.73. The molecule has 0 bridgehead atoms. The predicted octanol–water partition coefficient (Wildman–Crippen LogP) is 1.99. The topological polar surface area (TPSA) is 54.2 Å². The van der Waals surface area contributed by atoms with E-state index in [2.05, 4.69) is 27.3 Å². The third-order valence-electron chi connectivity index (χ3n) is 3.75. The van der Waals surface area contributed by atoms with E-state index >= 15 is 0 Å². The lowest BCUT2D eigenvalue weighted by atomic mass is 10.2. The summed E-state index contributed by atoms with van der Waals surface area (Å²) >= 11 is 0. The summed E-state index contributed by atoms with van der Waals surface area (Å²) in [7, 11) is 0. The van der Waals surface area contributed by atoms with Crippen LogP contribution >= 0.6 is 12.4 Å². The van der Waals surface area contributed by atoms with Gasteiger partial charge in [0, 0.05) is 44.2 Å². The van der Waals surface area contributed by atoms with Gasteiger partial charge in [-0.05, 0) is 6.92 Å². The smallest absolute Gasteiger partial charge is 0.228 e. The average molecular weight is 309 g/mol. The van der Waals surface area contributed by atoms with Crippen LogP contribution in [0.4, 0.5) is 0 Å². The van der Waals surface area contributed by atoms with Gasteiger partial charge in [0.25, 0.3) is 0 Å². The molecular formula is C15H21ClN4O. The summed E-state index contributed by atoms with van der Waals surface area (Å²) in [5, 5.41) is 7.45. The molecule has 114 valence electrons. The van der Waals surface area contributed by atoms with E-state index in [1.807, 2.05) is 30.3 Å². The molecule has 0 saturated carbocycles. The number of aromatic nitrogens is 2. The van der Waals surface area contributed by atoms with E-state index in [-0.39, 0.29) is 12.4 Å². The monoisotopic (exact) mass is 308 g/mol. The molecule has 0 unspecified atom stereocenters. The Morgan fingerprint density at radius 1 is 1.33 bits per heavy atom. The quantitative estimate of drug-likeness (QED) is 0.936. The Balaban J connectivity index is 0.00000161. The van der Waals surface area contributed by atoms with E-state index in [0.717, 1.165) is 44.1 Å². The first-order chi connectivity index (χ1) is 9.83. The lowest BCUT2D eigenvalue weighted by Crippen LogP contribution is -2.50. The molecule has 1 aliphatic heterocycles. The van der Waals surface area contributed by atoms with Crippen LogP contribution in [-0.4, -0.2) is 47.3 Å². The maximum Gasteiger partial charge on any atom is 0.228 e. The van der Waals surface area contributed by atoms with Gasteiger partial charge in [-0.15, -0.1) is 12.4 Å². The number of rotatable bonds is 4. The Morgan fingerprint density at radius 3 is 2.90 bits per heavy atom. The number of benzene rings is 1. The third kappa shape index (κ3) is 4.03. The van der Waals surface area contributed by atoms with Crippen molar-refractivity contribution >= 4 is 12.4 Å². The molecule has 1 aliphatic rings. The Labute approximate surface area is 131 Å². The SMILES string of the molecule is C[C@@H]1CNCCN1CCc1nc(-c2ccccc2)no1.Cl. The molecule has 2 aromatic rings. The standard InChI is InChI=1S/C15H20N4O.ClH/c1-12-11-16-8-10-19(12)9-7-14-17-15(18-20-14)13-5-3-2-4-6-13;/h2-6,12,16H,7-11H2,1H3;1H/t12-;/m1./s1. The van der Waals surface area contributed by atoms with Crippen molar-refractivity contribution in [1.82, 2.24) is 20.4 Å². The molecule has 1 fully saturated rings. The zero-order valence-corrected chi connectivity index (χ0v) is 13.0. The molecule has 0 amide bonds. The second-order valence-corrected chi connectivity index (χ2v) is 5.22. The molecule has 6 heteroatoms. The van der Waals surface area contributed by atoms with Crippen LogP contribution in [0.5, 0.6) is 0 Å². The molecule has 2 heterocycles. The number of nitrogens with zero attached hydrogens (tertiary/aromatic N) is 3. The van der Waals surface area contributed by atoms with E-state index in [1.165, 1.54) is 0 Å². The minimum absolute atomic E-state index is 0. The molecular weight excluding hydrogens is 288 g/mol. The zero-order valence-electron chi connectivity index (χ0n) is 12.2. The van der Waals surface area contributed by atoms with Gasteiger partial charge in [-0.3, -0.25) is 4.90 Å². The number of halogens is 1. The van der Waals surface area contributed by atoms with Gasteiger partial charge in [0.15, 0.2) is 0 Å². The molecule has 1 saturated heterocycles. The van der Waals surface area contributed by atoms with Crippen molar-refractivity contribution in [2.45, 2.75) is 19.4 Å². The highest BCUT2D eigenvalue weighted by Crippen LogP contribution is 2.15. The van der Waals surface area contributed by atoms with Crippen LogP contribution in [0, 0.1) is 0 Å². The van der Waals surface area contributed by atoms with Crippen LogP contribution < -0.4 is 5.32 Å². The summed E-state index contributed by atoms with van der Waals surface area (Å²) in [5.41, 5.74) is 0.998. The maximum absolute atomic E-state index is 5.34. The van der Waals surface area contributed by atoms with Crippen LogP contribution in [0.15, 0.2) is 34.9 Å². The van der Waals surface area contributed by atoms with Crippen LogP contribution in [0.2, 0.25) is 0 Å². The van der Waals surface area contributed by atoms with Gasteiger partial charge < -0.3 is 9.84 Å². The van der Waals surface area contributed by atoms with Gasteiger partial charge in [0.2, 0.25) is 11.7 Å². The fourth-order valence-electron chi connectivity index (χ4n) is 2.52. The molecule has 5 nitrogen and oxygen atoms in total. The second-order valence-electron chi connectivity index (χ2n) is 5.22. The van der Waals surface area contributed by atoms with Crippen molar-refractivity contribution in [3.8, 4) is 11.4 Å². The Morgan fingerprint density at radius 2 is 2.14 bits per heavy atom. The van der Waals surface area contributed by atoms with Gasteiger partial charge >= 0.3 is 0 Å². The average Bonchev–Trinajstić information content (AvgIpc) is 2.96. The zero-order chi connectivity index (χ0) is 13.8. The summed E-state index contributed by atoms with van der Waals surface area (Å²) in [4.78, 5) is 6.93. The van der Waals surface area contributed by atoms with Crippen molar-refractivity contribution in [1.29, 1.82) is 0 Å². The van der Waals surface area contributed by atoms with E-state index in [4.69, 9.17) is 4.52 Å². The van der Waals surface area contributed by atoms with Crippen LogP contribution in [0.25, 0.3) is 11.4 Å². The molecule has 1 aromatic heterocycles. The molecule has 0 radical (unpaired) electrons. The molecule has 1 aromatic carbocycles. The normalized spacial score (nSPS) is 19.2. The maximum atomic E-state index is 5.34. The molecule has 0 spiro atoms. The first-order valence-corrected chi connectivity index (χ1v) is 7.16. The van der Waals surface area contributed by atoms with Crippen molar-refractivity contribution < 1.29 is 4.52 Å². The van der Waals surface area contributed by atoms with E-state index in [9.17, 15) is 0 Å². The minimum atomic E-state index is 0. The van der Waals surface area contributed by atoms with Crippen LogP contribution in [0.1, 0.15) is 12.8 Å². The molecule has 1 N–H and O–H groups in total. The van der Waals surface area contributed by atoms with Crippen molar-refractivity contribution in [2.24, 2.45) is 0 Å². The minimum Gasteiger partial charge on any atom is -0.339 e. The molecule has 21 heavy (non-hydrogen) atoms. The third-order valence-corrected chi connectivity index (χ3v) is 3.75. The van der Waals surface area contributed by atoms with Crippen molar-refractivity contribution in [3.05, 3.63) is 36.2 Å². The molecule has 1 atom stereocenters. The van der Waals surface area contributed by atoms with Gasteiger partial charge in [-0.1, -0.05) is 35.5 Å². The predicted molar refractivity (Wildman–Crippen MR) is 84.6 cm³/mol. The Bertz CT molecular complexity index is 546. The summed E-state index contributed by atoms with van der Waals surface area (Å²) in [6, 6.07) is 10.5. The number of hydrogen-bond acceptors (Lipinski definition) is 5. The van der Waals surface area contributed by atoms with E-state index in [0.29, 0.717) is 11.9 Å². The van der Waals surface area contributed by atoms with Gasteiger partial charge in [0.1, 0.15) is 0 Å². The summed E-state index contributed by atoms with van der Waals surface area (Å²) in [6.07, 6.45) is 0.810. The Hall–Kier alpha value is -1.43. The highest BCUT2D eigenvalue weighted by Gasteiger charge is 2.18. The summed E-state index contributed by atoms with van der Waals surface area (Å²) in [6.45, 7) is 6.41. The molecule has 3 rings (SSSR count). The number of piperazine rings is 1. The fourth-order valence-corrected chi connectivity index (χ4v) is 2.52. The van der Waals surface area contributed by atoms with Crippen LogP contribution in [-0.2, 0) is 6.42 Å². The van der Waals surface area contributed by atoms with Crippen molar-refractivity contribution in [2.75, 3.05) is 26.2 Å². The summed E-state index contributed by atoms with van der Waals surface area (Å²) < 4.78 is 5.34. The first-order valence-electron chi connectivity index (χ1n) is 7.16. The van der Waals surface area contributed by atoms with E-state index < -0.39 is 0 Å². The first kappa shape index (κ1) is 15.9. The van der Waals surface area contributed by atoms with Gasteiger partial charge in [-0.2, -0.15) is 4.98 Å². The lowest BCUT2D eigenvalue weighted by Gasteiger charge is -2.33. The van der Waals surface area contributed by atoms with Crippen molar-refractivity contribution in [3.63, 3.8) is 0 Å². The fraction of sp³-hybridized carbons (Fsp3) is 0.467. The molecule has 0 aliphatic carbocycles. The number of hydrogen-bond donors (Lipinski definition) is 1. The lowest BCUT2D eigenvalue weighted by molar-refractivity contribution is 0.171. The van der Waals surface area contributed by atoms with E-state index in [1.54, 1.807) is 0 Å².